The highest BCUT2D eigenvalue weighted by Gasteiger charge is 2.24. The molecule has 1 aromatic carbocycles. The van der Waals surface area contributed by atoms with Gasteiger partial charge in [0.05, 0.1) is 0 Å². The molecule has 0 aliphatic heterocycles. The van der Waals surface area contributed by atoms with Gasteiger partial charge in [-0.2, -0.15) is 0 Å². The van der Waals surface area contributed by atoms with E-state index in [2.05, 4.69) is 0 Å². The van der Waals surface area contributed by atoms with Gasteiger partial charge >= 0.3 is 6.09 Å². The monoisotopic (exact) mass is 278 g/mol. The lowest BCUT2D eigenvalue weighted by molar-refractivity contribution is 0.0285. The van der Waals surface area contributed by atoms with Gasteiger partial charge in [0.25, 0.3) is 5.91 Å². The topological polar surface area (TPSA) is 49.9 Å². The van der Waals surface area contributed by atoms with Crippen LogP contribution in [0.4, 0.5) is 10.5 Å². The summed E-state index contributed by atoms with van der Waals surface area (Å²) in [5, 5.41) is 0. The van der Waals surface area contributed by atoms with Crippen LogP contribution in [0.2, 0.25) is 0 Å². The molecule has 1 aromatic rings. The summed E-state index contributed by atoms with van der Waals surface area (Å²) in [6.45, 7) is 5.28. The van der Waals surface area contributed by atoms with Crippen LogP contribution >= 0.6 is 0 Å². The molecule has 0 aliphatic carbocycles. The Morgan fingerprint density at radius 1 is 1.00 bits per heavy atom. The second-order valence-electron chi connectivity index (χ2n) is 5.79. The van der Waals surface area contributed by atoms with E-state index in [1.54, 1.807) is 32.9 Å². The third-order valence-electron chi connectivity index (χ3n) is 2.60. The number of hydrogen-bond acceptors (Lipinski definition) is 4. The molecule has 0 spiro atoms. The number of ether oxygens (including phenoxy) is 1. The molecule has 0 aromatic heterocycles. The van der Waals surface area contributed by atoms with E-state index in [1.165, 1.54) is 7.05 Å². The van der Waals surface area contributed by atoms with Gasteiger partial charge in [0.2, 0.25) is 0 Å². The molecular formula is C15H22N2O3. The van der Waals surface area contributed by atoms with E-state index in [0.29, 0.717) is 5.56 Å². The minimum atomic E-state index is -0.654. The van der Waals surface area contributed by atoms with Crippen LogP contribution in [-0.4, -0.2) is 43.6 Å². The minimum Gasteiger partial charge on any atom is -0.443 e. The van der Waals surface area contributed by atoms with Crippen molar-refractivity contribution in [3.05, 3.63) is 29.8 Å². The predicted molar refractivity (Wildman–Crippen MR) is 79.1 cm³/mol. The van der Waals surface area contributed by atoms with Crippen molar-refractivity contribution in [1.29, 1.82) is 0 Å². The van der Waals surface area contributed by atoms with E-state index in [-0.39, 0.29) is 5.91 Å². The number of carbonyl (C=O) groups excluding carboxylic acids is 2. The highest BCUT2D eigenvalue weighted by atomic mass is 16.6. The number of carbonyl (C=O) groups is 2. The molecule has 0 unspecified atom stereocenters. The van der Waals surface area contributed by atoms with Crippen molar-refractivity contribution in [2.24, 2.45) is 0 Å². The molecule has 5 heteroatoms. The van der Waals surface area contributed by atoms with Gasteiger partial charge in [-0.3, -0.25) is 4.79 Å². The second kappa shape index (κ2) is 5.94. The fourth-order valence-corrected chi connectivity index (χ4v) is 1.51. The Kier molecular flexibility index (Phi) is 4.76. The van der Waals surface area contributed by atoms with Crippen molar-refractivity contribution in [1.82, 2.24) is 4.90 Å². The Bertz CT molecular complexity index is 487. The number of rotatable bonds is 2. The third-order valence-corrected chi connectivity index (χ3v) is 2.60. The van der Waals surface area contributed by atoms with Crippen LogP contribution in [0.3, 0.4) is 0 Å². The molecule has 20 heavy (non-hydrogen) atoms. The van der Waals surface area contributed by atoms with Gasteiger partial charge in [0, 0.05) is 32.4 Å². The first-order chi connectivity index (χ1) is 9.11. The summed E-state index contributed by atoms with van der Waals surface area (Å²) in [5.74, 6) is -0.385. The van der Waals surface area contributed by atoms with E-state index < -0.39 is 11.7 Å². The zero-order valence-corrected chi connectivity index (χ0v) is 12.9. The summed E-state index contributed by atoms with van der Waals surface area (Å²) >= 11 is 0. The smallest absolute Gasteiger partial charge is 0.417 e. The van der Waals surface area contributed by atoms with Crippen molar-refractivity contribution in [3.63, 3.8) is 0 Å². The Morgan fingerprint density at radius 2 is 1.50 bits per heavy atom. The average molecular weight is 278 g/mol. The molecule has 0 aliphatic rings. The molecule has 0 saturated heterocycles. The van der Waals surface area contributed by atoms with Crippen molar-refractivity contribution in [2.45, 2.75) is 26.4 Å². The largest absolute Gasteiger partial charge is 0.443 e. The molecule has 0 heterocycles. The van der Waals surface area contributed by atoms with Gasteiger partial charge in [0.1, 0.15) is 5.60 Å². The van der Waals surface area contributed by atoms with Gasteiger partial charge in [0.15, 0.2) is 0 Å². The fourth-order valence-electron chi connectivity index (χ4n) is 1.51. The zero-order chi connectivity index (χ0) is 15.5. The van der Waals surface area contributed by atoms with Crippen molar-refractivity contribution in [3.8, 4) is 0 Å². The number of amides is 2. The molecule has 110 valence electrons. The summed E-state index contributed by atoms with van der Waals surface area (Å²) < 4.78 is 5.16. The third kappa shape index (κ3) is 4.26. The van der Waals surface area contributed by atoms with Crippen LogP contribution in [-0.2, 0) is 4.74 Å². The Labute approximate surface area is 120 Å². The molecule has 0 radical (unpaired) electrons. The molecule has 0 N–H and O–H groups in total. The summed E-state index contributed by atoms with van der Waals surface area (Å²) in [7, 11) is 5.25. The van der Waals surface area contributed by atoms with E-state index in [1.807, 2.05) is 31.1 Å². The Morgan fingerprint density at radius 3 is 1.90 bits per heavy atom. The van der Waals surface area contributed by atoms with Crippen LogP contribution in [0.1, 0.15) is 31.1 Å². The fraction of sp³-hybridized carbons (Fsp3) is 0.467. The normalized spacial score (nSPS) is 10.9. The van der Waals surface area contributed by atoms with E-state index in [9.17, 15) is 9.59 Å². The van der Waals surface area contributed by atoms with Gasteiger partial charge in [-0.25, -0.2) is 9.69 Å². The molecule has 0 bridgehead atoms. The number of nitrogens with zero attached hydrogens (tertiary/aromatic N) is 2. The van der Waals surface area contributed by atoms with E-state index >= 15 is 0 Å². The Hall–Kier alpha value is -2.04. The number of benzene rings is 1. The van der Waals surface area contributed by atoms with Gasteiger partial charge < -0.3 is 9.64 Å². The van der Waals surface area contributed by atoms with Crippen molar-refractivity contribution < 1.29 is 14.3 Å². The molecule has 0 fully saturated rings. The molecule has 5 nitrogen and oxygen atoms in total. The first-order valence-corrected chi connectivity index (χ1v) is 6.40. The standard InChI is InChI=1S/C15H22N2O3/c1-15(2,3)20-14(19)17(6)13(18)11-7-9-12(10-8-11)16(4)5/h7-10H,1-6H3. The lowest BCUT2D eigenvalue weighted by Gasteiger charge is -2.23. The highest BCUT2D eigenvalue weighted by Crippen LogP contribution is 2.15. The van der Waals surface area contributed by atoms with Crippen LogP contribution in [0.5, 0.6) is 0 Å². The Balaban J connectivity index is 2.81. The first kappa shape index (κ1) is 16.0. The van der Waals surface area contributed by atoms with Gasteiger partial charge in [-0.05, 0) is 45.0 Å². The van der Waals surface area contributed by atoms with E-state index in [0.717, 1.165) is 10.6 Å². The molecule has 0 saturated carbocycles. The minimum absolute atomic E-state index is 0.385. The molecule has 1 rings (SSSR count). The summed E-state index contributed by atoms with van der Waals surface area (Å²) in [6.07, 6.45) is -0.654. The summed E-state index contributed by atoms with van der Waals surface area (Å²) in [6, 6.07) is 7.05. The quantitative estimate of drug-likeness (QED) is 0.834. The van der Waals surface area contributed by atoms with Crippen molar-refractivity contribution >= 4 is 17.7 Å². The maximum Gasteiger partial charge on any atom is 0.417 e. The van der Waals surface area contributed by atoms with Gasteiger partial charge in [-0.15, -0.1) is 0 Å². The van der Waals surface area contributed by atoms with Crippen molar-refractivity contribution in [2.75, 3.05) is 26.0 Å². The van der Waals surface area contributed by atoms with Crippen LogP contribution in [0, 0.1) is 0 Å². The predicted octanol–water partition coefficient (Wildman–Crippen LogP) is 2.76. The summed E-state index contributed by atoms with van der Waals surface area (Å²) in [5.41, 5.74) is 0.811. The first-order valence-electron chi connectivity index (χ1n) is 6.40. The van der Waals surface area contributed by atoms with E-state index in [4.69, 9.17) is 4.74 Å². The second-order valence-corrected chi connectivity index (χ2v) is 5.79. The lowest BCUT2D eigenvalue weighted by Crippen LogP contribution is -2.38. The average Bonchev–Trinajstić information content (AvgIpc) is 2.35. The van der Waals surface area contributed by atoms with Crippen LogP contribution in [0.25, 0.3) is 0 Å². The lowest BCUT2D eigenvalue weighted by atomic mass is 10.2. The maximum absolute atomic E-state index is 12.2. The maximum atomic E-state index is 12.2. The zero-order valence-electron chi connectivity index (χ0n) is 12.9. The molecule has 2 amide bonds. The van der Waals surface area contributed by atoms with Crippen LogP contribution in [0.15, 0.2) is 24.3 Å². The number of hydrogen-bond donors (Lipinski definition) is 0. The SMILES string of the molecule is CN(C(=O)OC(C)(C)C)C(=O)c1ccc(N(C)C)cc1. The molecular weight excluding hydrogens is 256 g/mol. The molecule has 0 atom stereocenters. The number of anilines is 1. The highest BCUT2D eigenvalue weighted by molar-refractivity contribution is 6.02. The van der Waals surface area contributed by atoms with Crippen LogP contribution < -0.4 is 4.90 Å². The van der Waals surface area contributed by atoms with Gasteiger partial charge in [-0.1, -0.05) is 0 Å². The summed E-state index contributed by atoms with van der Waals surface area (Å²) in [4.78, 5) is 26.9. The number of imide groups is 1.